The Balaban J connectivity index is 0.000000847. The molecule has 0 aliphatic heterocycles. The Kier molecular flexibility index (Phi) is 4.62. The SMILES string of the molecule is C#C.CN(C)C(=O)c1cc2cnc(S(C)=O)nc2n1C1CC1. The summed E-state index contributed by atoms with van der Waals surface area (Å²) in [6.45, 7) is 0. The minimum Gasteiger partial charge on any atom is -0.343 e. The Morgan fingerprint density at radius 1 is 1.41 bits per heavy atom. The van der Waals surface area contributed by atoms with E-state index in [1.54, 1.807) is 31.4 Å². The van der Waals surface area contributed by atoms with E-state index in [-0.39, 0.29) is 5.91 Å². The Bertz CT molecular complexity index is 759. The summed E-state index contributed by atoms with van der Waals surface area (Å²) in [6, 6.07) is 2.14. The predicted molar refractivity (Wildman–Crippen MR) is 86.0 cm³/mol. The van der Waals surface area contributed by atoms with Crippen molar-refractivity contribution >= 4 is 27.7 Å². The summed E-state index contributed by atoms with van der Waals surface area (Å²) in [6.07, 6.45) is 13.3. The van der Waals surface area contributed by atoms with Gasteiger partial charge in [0.2, 0.25) is 5.16 Å². The van der Waals surface area contributed by atoms with Gasteiger partial charge in [-0.25, -0.2) is 9.97 Å². The Morgan fingerprint density at radius 2 is 2.05 bits per heavy atom. The third-order valence-corrected chi connectivity index (χ3v) is 4.06. The molecule has 1 fully saturated rings. The second kappa shape index (κ2) is 6.28. The van der Waals surface area contributed by atoms with Gasteiger partial charge in [0.25, 0.3) is 5.91 Å². The summed E-state index contributed by atoms with van der Waals surface area (Å²) in [5.74, 6) is -0.0472. The molecule has 1 aliphatic rings. The van der Waals surface area contributed by atoms with Gasteiger partial charge in [-0.3, -0.25) is 9.00 Å². The van der Waals surface area contributed by atoms with Gasteiger partial charge in [0.15, 0.2) is 0 Å². The summed E-state index contributed by atoms with van der Waals surface area (Å²) in [4.78, 5) is 22.3. The van der Waals surface area contributed by atoms with Crippen LogP contribution in [0.15, 0.2) is 17.4 Å². The molecular formula is C15H18N4O2S. The third kappa shape index (κ3) is 2.88. The molecule has 116 valence electrons. The molecule has 6 nitrogen and oxygen atoms in total. The van der Waals surface area contributed by atoms with Crippen LogP contribution in [0.4, 0.5) is 0 Å². The largest absolute Gasteiger partial charge is 0.343 e. The van der Waals surface area contributed by atoms with E-state index in [0.717, 1.165) is 18.2 Å². The lowest BCUT2D eigenvalue weighted by molar-refractivity contribution is 0.0817. The van der Waals surface area contributed by atoms with Crippen LogP contribution in [-0.4, -0.2) is 49.9 Å². The number of hydrogen-bond donors (Lipinski definition) is 0. The van der Waals surface area contributed by atoms with Crippen LogP contribution in [0.1, 0.15) is 29.4 Å². The second-order valence-corrected chi connectivity index (χ2v) is 6.49. The number of aromatic nitrogens is 3. The summed E-state index contributed by atoms with van der Waals surface area (Å²) >= 11 is 0. The van der Waals surface area contributed by atoms with Crippen molar-refractivity contribution in [1.29, 1.82) is 0 Å². The van der Waals surface area contributed by atoms with E-state index in [2.05, 4.69) is 22.8 Å². The number of terminal acetylenes is 1. The molecule has 3 rings (SSSR count). The van der Waals surface area contributed by atoms with Gasteiger partial charge in [-0.15, -0.1) is 12.8 Å². The highest BCUT2D eigenvalue weighted by Gasteiger charge is 2.31. The van der Waals surface area contributed by atoms with Crippen molar-refractivity contribution in [2.75, 3.05) is 20.4 Å². The van der Waals surface area contributed by atoms with Crippen LogP contribution >= 0.6 is 0 Å². The molecule has 0 aromatic carbocycles. The average molecular weight is 318 g/mol. The predicted octanol–water partition coefficient (Wildman–Crippen LogP) is 1.45. The third-order valence-electron chi connectivity index (χ3n) is 3.35. The molecule has 1 atom stereocenters. The molecule has 0 N–H and O–H groups in total. The molecule has 7 heteroatoms. The van der Waals surface area contributed by atoms with Crippen molar-refractivity contribution in [1.82, 2.24) is 19.4 Å². The first kappa shape index (κ1) is 16.2. The summed E-state index contributed by atoms with van der Waals surface area (Å²) in [7, 11) is 2.24. The van der Waals surface area contributed by atoms with E-state index in [9.17, 15) is 9.00 Å². The minimum atomic E-state index is -1.23. The first-order chi connectivity index (χ1) is 10.5. The quantitative estimate of drug-likeness (QED) is 0.634. The molecule has 2 aromatic rings. The highest BCUT2D eigenvalue weighted by Crippen LogP contribution is 2.39. The van der Waals surface area contributed by atoms with Crippen molar-refractivity contribution in [2.45, 2.75) is 24.0 Å². The van der Waals surface area contributed by atoms with Gasteiger partial charge in [-0.2, -0.15) is 0 Å². The molecule has 1 amide bonds. The van der Waals surface area contributed by atoms with E-state index < -0.39 is 10.8 Å². The molecule has 2 aromatic heterocycles. The van der Waals surface area contributed by atoms with Gasteiger partial charge in [0.05, 0.1) is 10.8 Å². The Labute approximate surface area is 132 Å². The van der Waals surface area contributed by atoms with Crippen molar-refractivity contribution < 1.29 is 9.00 Å². The van der Waals surface area contributed by atoms with Gasteiger partial charge >= 0.3 is 0 Å². The lowest BCUT2D eigenvalue weighted by Gasteiger charge is -2.13. The molecule has 0 spiro atoms. The smallest absolute Gasteiger partial charge is 0.270 e. The van der Waals surface area contributed by atoms with Crippen molar-refractivity contribution in [3.05, 3.63) is 18.0 Å². The number of carbonyl (C=O) groups excluding carboxylic acids is 1. The van der Waals surface area contributed by atoms with Crippen molar-refractivity contribution in [3.63, 3.8) is 0 Å². The molecule has 22 heavy (non-hydrogen) atoms. The number of hydrogen-bond acceptors (Lipinski definition) is 4. The molecule has 1 saturated carbocycles. The average Bonchev–Trinajstić information content (AvgIpc) is 3.27. The summed E-state index contributed by atoms with van der Waals surface area (Å²) in [5.41, 5.74) is 1.33. The van der Waals surface area contributed by atoms with E-state index in [0.29, 0.717) is 22.5 Å². The van der Waals surface area contributed by atoms with Crippen LogP contribution < -0.4 is 0 Å². The molecule has 1 aliphatic carbocycles. The molecule has 0 saturated heterocycles. The molecule has 2 heterocycles. The monoisotopic (exact) mass is 318 g/mol. The summed E-state index contributed by atoms with van der Waals surface area (Å²) < 4.78 is 13.5. The molecule has 0 bridgehead atoms. The maximum Gasteiger partial charge on any atom is 0.270 e. The van der Waals surface area contributed by atoms with Gasteiger partial charge in [0, 0.05) is 38.0 Å². The number of carbonyl (C=O) groups is 1. The zero-order valence-corrected chi connectivity index (χ0v) is 13.6. The standard InChI is InChI=1S/C13H16N4O2S.C2H2/c1-16(2)12(18)10-6-8-7-14-13(20(3)19)15-11(8)17(10)9-4-5-9;1-2/h6-7,9H,4-5H2,1-3H3;1-2H. The zero-order valence-electron chi connectivity index (χ0n) is 12.8. The molecule has 1 unspecified atom stereocenters. The van der Waals surface area contributed by atoms with Crippen LogP contribution in [-0.2, 0) is 10.8 Å². The molecular weight excluding hydrogens is 300 g/mol. The van der Waals surface area contributed by atoms with Crippen LogP contribution in [0.25, 0.3) is 11.0 Å². The minimum absolute atomic E-state index is 0.0472. The maximum atomic E-state index is 12.3. The van der Waals surface area contributed by atoms with E-state index in [1.165, 1.54) is 0 Å². The number of fused-ring (bicyclic) bond motifs is 1. The Hall–Kier alpha value is -2.20. The van der Waals surface area contributed by atoms with Crippen LogP contribution in [0.3, 0.4) is 0 Å². The molecule has 0 radical (unpaired) electrons. The lowest BCUT2D eigenvalue weighted by Crippen LogP contribution is -2.24. The number of nitrogens with zero attached hydrogens (tertiary/aromatic N) is 4. The highest BCUT2D eigenvalue weighted by molar-refractivity contribution is 7.84. The van der Waals surface area contributed by atoms with E-state index in [1.807, 2.05) is 10.6 Å². The lowest BCUT2D eigenvalue weighted by atomic mass is 10.3. The topological polar surface area (TPSA) is 68.1 Å². The van der Waals surface area contributed by atoms with E-state index >= 15 is 0 Å². The van der Waals surface area contributed by atoms with Crippen LogP contribution in [0.5, 0.6) is 0 Å². The van der Waals surface area contributed by atoms with Gasteiger partial charge < -0.3 is 9.47 Å². The van der Waals surface area contributed by atoms with Gasteiger partial charge in [-0.05, 0) is 18.9 Å². The highest BCUT2D eigenvalue weighted by atomic mass is 32.2. The summed E-state index contributed by atoms with van der Waals surface area (Å²) in [5, 5.41) is 1.12. The number of amides is 1. The normalized spacial score (nSPS) is 15.0. The van der Waals surface area contributed by atoms with Crippen LogP contribution in [0.2, 0.25) is 0 Å². The van der Waals surface area contributed by atoms with Crippen LogP contribution in [0, 0.1) is 12.8 Å². The fraction of sp³-hybridized carbons (Fsp3) is 0.400. The first-order valence-electron chi connectivity index (χ1n) is 6.75. The zero-order chi connectivity index (χ0) is 16.4. The van der Waals surface area contributed by atoms with E-state index in [4.69, 9.17) is 0 Å². The fourth-order valence-corrected chi connectivity index (χ4v) is 2.64. The van der Waals surface area contributed by atoms with Crippen molar-refractivity contribution in [3.8, 4) is 12.8 Å². The second-order valence-electron chi connectivity index (χ2n) is 5.22. The fourth-order valence-electron chi connectivity index (χ4n) is 2.23. The van der Waals surface area contributed by atoms with Gasteiger partial charge in [0.1, 0.15) is 11.3 Å². The Morgan fingerprint density at radius 3 is 2.55 bits per heavy atom. The first-order valence-corrected chi connectivity index (χ1v) is 8.31. The number of rotatable bonds is 3. The van der Waals surface area contributed by atoms with Gasteiger partial charge in [-0.1, -0.05) is 0 Å². The maximum absolute atomic E-state index is 12.3. The van der Waals surface area contributed by atoms with Crippen molar-refractivity contribution in [2.24, 2.45) is 0 Å².